The van der Waals surface area contributed by atoms with Crippen molar-refractivity contribution < 1.29 is 0 Å². The zero-order chi connectivity index (χ0) is 11.7. The monoisotopic (exact) mass is 243 g/mol. The summed E-state index contributed by atoms with van der Waals surface area (Å²) in [6, 6.07) is 10.1. The van der Waals surface area contributed by atoms with E-state index in [1.54, 1.807) is 11.8 Å². The maximum absolute atomic E-state index is 8.53. The van der Waals surface area contributed by atoms with Gasteiger partial charge in [-0.3, -0.25) is 4.40 Å². The highest BCUT2D eigenvalue weighted by atomic mass is 32.2. The number of hydrogen-bond acceptors (Lipinski definition) is 4. The Morgan fingerprint density at radius 1 is 1.41 bits per heavy atom. The lowest BCUT2D eigenvalue weighted by Gasteiger charge is -1.95. The van der Waals surface area contributed by atoms with Crippen molar-refractivity contribution in [2.24, 2.45) is 0 Å². The first-order chi connectivity index (χ1) is 8.40. The summed E-state index contributed by atoms with van der Waals surface area (Å²) in [6.45, 7) is 0. The maximum Gasteiger partial charge on any atom is 0.231 e. The van der Waals surface area contributed by atoms with Crippen molar-refractivity contribution in [3.63, 3.8) is 0 Å². The number of imidazole rings is 1. The van der Waals surface area contributed by atoms with Crippen LogP contribution >= 0.6 is 11.8 Å². The van der Waals surface area contributed by atoms with Crippen molar-refractivity contribution in [1.29, 1.82) is 5.26 Å². The minimum Gasteiger partial charge on any atom is -0.254 e. The second kappa shape index (κ2) is 4.11. The third-order valence-electron chi connectivity index (χ3n) is 2.45. The molecule has 0 aliphatic rings. The second-order valence-electron chi connectivity index (χ2n) is 3.52. The molecule has 0 aliphatic heterocycles. The summed E-state index contributed by atoms with van der Waals surface area (Å²) < 4.78 is 1.98. The SMILES string of the molecule is N#CCCSc1n[nH]c2nc3ccccc3n12. The normalized spacial score (nSPS) is 11.0. The summed E-state index contributed by atoms with van der Waals surface area (Å²) in [5.74, 6) is 1.48. The molecule has 0 atom stereocenters. The zero-order valence-corrected chi connectivity index (χ0v) is 9.74. The average Bonchev–Trinajstić information content (AvgIpc) is 2.89. The predicted molar refractivity (Wildman–Crippen MR) is 65.8 cm³/mol. The number of fused-ring (bicyclic) bond motifs is 3. The maximum atomic E-state index is 8.53. The van der Waals surface area contributed by atoms with Gasteiger partial charge in [0.1, 0.15) is 0 Å². The lowest BCUT2D eigenvalue weighted by Crippen LogP contribution is -1.86. The molecular formula is C11H9N5S. The van der Waals surface area contributed by atoms with Crippen molar-refractivity contribution in [2.45, 2.75) is 11.6 Å². The molecule has 1 aromatic carbocycles. The summed E-state index contributed by atoms with van der Waals surface area (Å²) in [5.41, 5.74) is 1.99. The summed E-state index contributed by atoms with van der Waals surface area (Å²) in [5, 5.41) is 16.5. The van der Waals surface area contributed by atoms with E-state index in [1.807, 2.05) is 28.7 Å². The van der Waals surface area contributed by atoms with E-state index in [0.29, 0.717) is 6.42 Å². The molecule has 0 amide bonds. The van der Waals surface area contributed by atoms with Crippen molar-refractivity contribution in [3.05, 3.63) is 24.3 Å². The molecule has 0 unspecified atom stereocenters. The molecule has 84 valence electrons. The van der Waals surface area contributed by atoms with E-state index in [4.69, 9.17) is 5.26 Å². The highest BCUT2D eigenvalue weighted by Gasteiger charge is 2.10. The lowest BCUT2D eigenvalue weighted by atomic mass is 10.3. The third-order valence-corrected chi connectivity index (χ3v) is 3.39. The van der Waals surface area contributed by atoms with Gasteiger partial charge in [0.05, 0.1) is 17.1 Å². The second-order valence-corrected chi connectivity index (χ2v) is 4.58. The summed E-state index contributed by atoms with van der Waals surface area (Å²) in [6.07, 6.45) is 0.519. The van der Waals surface area contributed by atoms with Gasteiger partial charge in [0.15, 0.2) is 5.16 Å². The van der Waals surface area contributed by atoms with Crippen molar-refractivity contribution >= 4 is 28.6 Å². The van der Waals surface area contributed by atoms with E-state index >= 15 is 0 Å². The summed E-state index contributed by atoms with van der Waals surface area (Å²) in [4.78, 5) is 4.43. The van der Waals surface area contributed by atoms with Gasteiger partial charge in [-0.2, -0.15) is 5.26 Å². The molecule has 0 saturated heterocycles. The molecule has 5 nitrogen and oxygen atoms in total. The third kappa shape index (κ3) is 1.65. The van der Waals surface area contributed by atoms with Crippen LogP contribution in [0.1, 0.15) is 6.42 Å². The molecule has 0 radical (unpaired) electrons. The van der Waals surface area contributed by atoms with E-state index in [1.165, 1.54) is 0 Å². The van der Waals surface area contributed by atoms with Crippen molar-refractivity contribution in [2.75, 3.05) is 5.75 Å². The van der Waals surface area contributed by atoms with Crippen LogP contribution in [0, 0.1) is 11.3 Å². The Labute approximate surface area is 101 Å². The molecule has 0 aliphatic carbocycles. The Balaban J connectivity index is 2.10. The molecule has 6 heteroatoms. The number of thioether (sulfide) groups is 1. The largest absolute Gasteiger partial charge is 0.254 e. The van der Waals surface area contributed by atoms with Crippen LogP contribution in [0.5, 0.6) is 0 Å². The van der Waals surface area contributed by atoms with Gasteiger partial charge in [0.2, 0.25) is 5.78 Å². The van der Waals surface area contributed by atoms with Crippen LogP contribution in [-0.4, -0.2) is 25.3 Å². The van der Waals surface area contributed by atoms with Gasteiger partial charge < -0.3 is 0 Å². The predicted octanol–water partition coefficient (Wildman–Crippen LogP) is 2.22. The molecule has 2 heterocycles. The molecule has 0 fully saturated rings. The van der Waals surface area contributed by atoms with Crippen LogP contribution in [0.15, 0.2) is 29.4 Å². The van der Waals surface area contributed by atoms with Crippen LogP contribution in [0.2, 0.25) is 0 Å². The number of hydrogen-bond donors (Lipinski definition) is 1. The van der Waals surface area contributed by atoms with E-state index in [-0.39, 0.29) is 0 Å². The number of nitriles is 1. The number of rotatable bonds is 3. The van der Waals surface area contributed by atoms with Crippen molar-refractivity contribution in [1.82, 2.24) is 19.6 Å². The van der Waals surface area contributed by atoms with Gasteiger partial charge in [0.25, 0.3) is 0 Å². The molecule has 0 spiro atoms. The molecule has 3 aromatic rings. The summed E-state index contributed by atoms with van der Waals surface area (Å²) >= 11 is 1.56. The average molecular weight is 243 g/mol. The lowest BCUT2D eigenvalue weighted by molar-refractivity contribution is 0.939. The van der Waals surface area contributed by atoms with Gasteiger partial charge in [-0.15, -0.1) is 5.10 Å². The smallest absolute Gasteiger partial charge is 0.231 e. The van der Waals surface area contributed by atoms with E-state index in [2.05, 4.69) is 21.3 Å². The molecule has 1 N–H and O–H groups in total. The number of para-hydroxylation sites is 2. The fourth-order valence-electron chi connectivity index (χ4n) is 1.73. The fourth-order valence-corrected chi connectivity index (χ4v) is 2.53. The first kappa shape index (κ1) is 10.2. The Hall–Kier alpha value is -2.00. The van der Waals surface area contributed by atoms with Gasteiger partial charge in [-0.1, -0.05) is 23.9 Å². The number of aromatic amines is 1. The first-order valence-corrected chi connectivity index (χ1v) is 6.20. The van der Waals surface area contributed by atoms with Gasteiger partial charge >= 0.3 is 0 Å². The molecular weight excluding hydrogens is 234 g/mol. The Bertz CT molecular complexity index is 705. The topological polar surface area (TPSA) is 69.8 Å². The van der Waals surface area contributed by atoms with E-state index in [9.17, 15) is 0 Å². The van der Waals surface area contributed by atoms with E-state index < -0.39 is 0 Å². The van der Waals surface area contributed by atoms with Crippen LogP contribution in [0.4, 0.5) is 0 Å². The number of nitrogens with one attached hydrogen (secondary N) is 1. The zero-order valence-electron chi connectivity index (χ0n) is 8.92. The number of nitrogens with zero attached hydrogens (tertiary/aromatic N) is 4. The van der Waals surface area contributed by atoms with Crippen LogP contribution < -0.4 is 0 Å². The minimum absolute atomic E-state index is 0.519. The Kier molecular flexibility index (Phi) is 2.46. The van der Waals surface area contributed by atoms with E-state index in [0.717, 1.165) is 27.7 Å². The number of H-pyrrole nitrogens is 1. The standard InChI is InChI=1S/C11H9N5S/c12-6-3-7-17-11-15-14-10-13-8-4-1-2-5-9(8)16(10)11/h1-2,4-5H,3,7H2,(H,13,14). The molecule has 0 bridgehead atoms. The molecule has 17 heavy (non-hydrogen) atoms. The van der Waals surface area contributed by atoms with Crippen LogP contribution in [0.3, 0.4) is 0 Å². The summed E-state index contributed by atoms with van der Waals surface area (Å²) in [7, 11) is 0. The van der Waals surface area contributed by atoms with Gasteiger partial charge in [-0.05, 0) is 12.1 Å². The fraction of sp³-hybridized carbons (Fsp3) is 0.182. The first-order valence-electron chi connectivity index (χ1n) is 5.21. The molecule has 2 aromatic heterocycles. The van der Waals surface area contributed by atoms with Crippen LogP contribution in [-0.2, 0) is 0 Å². The Morgan fingerprint density at radius 3 is 3.18 bits per heavy atom. The quantitative estimate of drug-likeness (QED) is 0.565. The van der Waals surface area contributed by atoms with Gasteiger partial charge in [-0.25, -0.2) is 10.1 Å². The number of benzene rings is 1. The van der Waals surface area contributed by atoms with Crippen molar-refractivity contribution in [3.8, 4) is 6.07 Å². The highest BCUT2D eigenvalue weighted by Crippen LogP contribution is 2.22. The van der Waals surface area contributed by atoms with Gasteiger partial charge in [0, 0.05) is 12.2 Å². The number of aromatic nitrogens is 4. The minimum atomic E-state index is 0.519. The Morgan fingerprint density at radius 2 is 2.29 bits per heavy atom. The highest BCUT2D eigenvalue weighted by molar-refractivity contribution is 7.99. The molecule has 3 rings (SSSR count). The molecule has 0 saturated carbocycles. The van der Waals surface area contributed by atoms with Crippen LogP contribution in [0.25, 0.3) is 16.8 Å².